The molecule has 0 aromatic heterocycles. The summed E-state index contributed by atoms with van der Waals surface area (Å²) >= 11 is 0. The van der Waals surface area contributed by atoms with Crippen LogP contribution in [0.2, 0.25) is 0 Å². The smallest absolute Gasteiger partial charge is 0.280 e. The van der Waals surface area contributed by atoms with E-state index >= 15 is 0 Å². The molecule has 0 spiro atoms. The van der Waals surface area contributed by atoms with Crippen molar-refractivity contribution >= 4 is 12.3 Å². The third kappa shape index (κ3) is 2.16. The summed E-state index contributed by atoms with van der Waals surface area (Å²) in [5.41, 5.74) is 0. The summed E-state index contributed by atoms with van der Waals surface area (Å²) < 4.78 is 27.7. The topological polar surface area (TPSA) is 75.6 Å². The van der Waals surface area contributed by atoms with Gasteiger partial charge >= 0.3 is 0 Å². The zero-order valence-corrected chi connectivity index (χ0v) is 11.7. The molecule has 2 unspecified atom stereocenters. The first-order valence-electron chi connectivity index (χ1n) is 6.04. The van der Waals surface area contributed by atoms with Gasteiger partial charge in [0.25, 0.3) is 5.91 Å². The largest absolute Gasteiger partial charge is 0.477 e. The minimum atomic E-state index is -1.22. The Bertz CT molecular complexity index is 400. The molecule has 7 heteroatoms. The third-order valence-electron chi connectivity index (χ3n) is 3.78. The first-order chi connectivity index (χ1) is 8.87. The highest BCUT2D eigenvalue weighted by atomic mass is 16.8. The second-order valence-electron chi connectivity index (χ2n) is 4.83. The molecule has 2 aliphatic rings. The van der Waals surface area contributed by atoms with Crippen LogP contribution >= 0.6 is 0 Å². The van der Waals surface area contributed by atoms with Gasteiger partial charge in [0.05, 0.1) is 0 Å². The minimum absolute atomic E-state index is 0.393. The molecule has 1 saturated heterocycles. The average molecular weight is 273 g/mol. The lowest BCUT2D eigenvalue weighted by atomic mass is 10.0. The van der Waals surface area contributed by atoms with E-state index in [1.165, 1.54) is 14.2 Å². The molecule has 19 heavy (non-hydrogen) atoms. The number of ether oxygens (including phenoxy) is 5. The molecular formula is C12H19NO6. The number of carbonyl (C=O) groups excluding carboxylic acids is 1. The number of hydrogen-bond donors (Lipinski definition) is 0. The predicted octanol–water partition coefficient (Wildman–Crippen LogP) is 0.469. The fourth-order valence-electron chi connectivity index (χ4n) is 2.17. The molecule has 108 valence electrons. The number of aliphatic imine (C=N–C) groups is 1. The van der Waals surface area contributed by atoms with E-state index < -0.39 is 35.8 Å². The maximum absolute atomic E-state index is 11.9. The van der Waals surface area contributed by atoms with Crippen molar-refractivity contribution in [3.8, 4) is 0 Å². The van der Waals surface area contributed by atoms with Crippen LogP contribution in [0.5, 0.6) is 0 Å². The van der Waals surface area contributed by atoms with Crippen molar-refractivity contribution in [2.75, 3.05) is 14.2 Å². The van der Waals surface area contributed by atoms with Crippen LogP contribution in [-0.4, -0.2) is 56.4 Å². The van der Waals surface area contributed by atoms with Crippen molar-refractivity contribution in [3.63, 3.8) is 0 Å². The number of amides is 1. The molecule has 0 aromatic rings. The fourth-order valence-corrected chi connectivity index (χ4v) is 2.17. The normalized spacial score (nSPS) is 46.4. The van der Waals surface area contributed by atoms with Gasteiger partial charge in [-0.15, -0.1) is 0 Å². The lowest BCUT2D eigenvalue weighted by Crippen LogP contribution is -2.67. The van der Waals surface area contributed by atoms with E-state index in [0.717, 1.165) is 6.40 Å². The van der Waals surface area contributed by atoms with Crippen LogP contribution in [-0.2, 0) is 28.5 Å². The van der Waals surface area contributed by atoms with E-state index in [1.807, 2.05) is 0 Å². The molecule has 0 radical (unpaired) electrons. The molecular weight excluding hydrogens is 254 g/mol. The molecule has 0 saturated carbocycles. The highest BCUT2D eigenvalue weighted by Gasteiger charge is 2.59. The highest BCUT2D eigenvalue weighted by Crippen LogP contribution is 2.40. The molecule has 0 aliphatic carbocycles. The van der Waals surface area contributed by atoms with Gasteiger partial charge in [-0.05, 0) is 20.8 Å². The highest BCUT2D eigenvalue weighted by molar-refractivity contribution is 5.88. The van der Waals surface area contributed by atoms with E-state index in [9.17, 15) is 4.79 Å². The lowest BCUT2D eigenvalue weighted by Gasteiger charge is -2.51. The number of nitrogens with zero attached hydrogens (tertiary/aromatic N) is 1. The molecule has 2 heterocycles. The van der Waals surface area contributed by atoms with Gasteiger partial charge in [-0.25, -0.2) is 0 Å². The first kappa shape index (κ1) is 14.4. The van der Waals surface area contributed by atoms with Gasteiger partial charge in [-0.1, -0.05) is 0 Å². The molecule has 0 N–H and O–H groups in total. The van der Waals surface area contributed by atoms with Crippen LogP contribution < -0.4 is 0 Å². The van der Waals surface area contributed by atoms with Crippen molar-refractivity contribution in [3.05, 3.63) is 0 Å². The van der Waals surface area contributed by atoms with E-state index in [2.05, 4.69) is 4.99 Å². The van der Waals surface area contributed by atoms with Gasteiger partial charge in [0, 0.05) is 14.2 Å². The Morgan fingerprint density at radius 2 is 1.79 bits per heavy atom. The molecule has 5 atom stereocenters. The van der Waals surface area contributed by atoms with Gasteiger partial charge in [-0.3, -0.25) is 4.79 Å². The molecule has 2 rings (SSSR count). The summed E-state index contributed by atoms with van der Waals surface area (Å²) in [6.07, 6.45) is -0.784. The number of rotatable bonds is 2. The fraction of sp³-hybridized carbons (Fsp3) is 0.833. The summed E-state index contributed by atoms with van der Waals surface area (Å²) in [5.74, 6) is -2.85. The van der Waals surface area contributed by atoms with E-state index in [0.29, 0.717) is 0 Å². The summed E-state index contributed by atoms with van der Waals surface area (Å²) in [4.78, 5) is 15.6. The third-order valence-corrected chi connectivity index (χ3v) is 3.78. The number of carbonyl (C=O) groups is 1. The van der Waals surface area contributed by atoms with Gasteiger partial charge in [0.15, 0.2) is 12.5 Å². The second-order valence-corrected chi connectivity index (χ2v) is 4.83. The summed E-state index contributed by atoms with van der Waals surface area (Å²) in [7, 11) is 2.95. The molecule has 1 amide bonds. The second kappa shape index (κ2) is 4.82. The first-order valence-corrected chi connectivity index (χ1v) is 6.04. The van der Waals surface area contributed by atoms with Crippen LogP contribution in [0.15, 0.2) is 4.99 Å². The molecule has 2 aliphatic heterocycles. The maximum Gasteiger partial charge on any atom is 0.280 e. The van der Waals surface area contributed by atoms with Gasteiger partial charge in [-0.2, -0.15) is 4.99 Å². The standard InChI is InChI=1S/C12H19NO6/c1-7-8-9(10(14)13-6-17-7)19-12(3,16-5)11(2,15-4)18-8/h6-9H,1-5H3/t7-,8-,9+,11?,12?/m1/s1. The quantitative estimate of drug-likeness (QED) is 0.728. The maximum atomic E-state index is 11.9. The monoisotopic (exact) mass is 273 g/mol. The van der Waals surface area contributed by atoms with Crippen LogP contribution in [0.1, 0.15) is 20.8 Å². The van der Waals surface area contributed by atoms with Crippen molar-refractivity contribution in [1.29, 1.82) is 0 Å². The Morgan fingerprint density at radius 1 is 1.21 bits per heavy atom. The summed E-state index contributed by atoms with van der Waals surface area (Å²) in [6, 6.07) is 0. The van der Waals surface area contributed by atoms with Gasteiger partial charge in [0.2, 0.25) is 11.6 Å². The summed E-state index contributed by atoms with van der Waals surface area (Å²) in [5, 5.41) is 0. The lowest BCUT2D eigenvalue weighted by molar-refractivity contribution is -0.446. The van der Waals surface area contributed by atoms with Gasteiger partial charge in [0.1, 0.15) is 12.2 Å². The number of methoxy groups -OCH3 is 2. The van der Waals surface area contributed by atoms with Crippen molar-refractivity contribution in [1.82, 2.24) is 0 Å². The Labute approximate surface area is 111 Å². The summed E-state index contributed by atoms with van der Waals surface area (Å²) in [6.45, 7) is 5.12. The van der Waals surface area contributed by atoms with Crippen LogP contribution in [0.4, 0.5) is 0 Å². The SMILES string of the molecule is COC1(C)O[C@H]2[C@H](OC1(C)OC)C(=O)N=CO[C@@H]2C. The Kier molecular flexibility index (Phi) is 3.65. The Balaban J connectivity index is 2.37. The average Bonchev–Trinajstić information content (AvgIpc) is 2.52. The minimum Gasteiger partial charge on any atom is -0.477 e. The van der Waals surface area contributed by atoms with Crippen molar-refractivity contribution < 1.29 is 28.5 Å². The molecule has 1 fully saturated rings. The molecule has 0 aromatic carbocycles. The number of fused-ring (bicyclic) bond motifs is 1. The van der Waals surface area contributed by atoms with E-state index in [4.69, 9.17) is 23.7 Å². The predicted molar refractivity (Wildman–Crippen MR) is 64.6 cm³/mol. The van der Waals surface area contributed by atoms with Crippen LogP contribution in [0, 0.1) is 0 Å². The molecule has 0 bridgehead atoms. The van der Waals surface area contributed by atoms with Crippen molar-refractivity contribution in [2.45, 2.75) is 50.7 Å². The Morgan fingerprint density at radius 3 is 2.37 bits per heavy atom. The molecule has 7 nitrogen and oxygen atoms in total. The van der Waals surface area contributed by atoms with E-state index in [1.54, 1.807) is 20.8 Å². The Hall–Kier alpha value is -1.02. The van der Waals surface area contributed by atoms with Gasteiger partial charge < -0.3 is 23.7 Å². The van der Waals surface area contributed by atoms with E-state index in [-0.39, 0.29) is 0 Å². The van der Waals surface area contributed by atoms with Crippen molar-refractivity contribution in [2.24, 2.45) is 4.99 Å². The number of hydrogen-bond acceptors (Lipinski definition) is 6. The van der Waals surface area contributed by atoms with Crippen LogP contribution in [0.25, 0.3) is 0 Å². The zero-order valence-electron chi connectivity index (χ0n) is 11.7. The zero-order chi connectivity index (χ0) is 14.3. The van der Waals surface area contributed by atoms with Crippen LogP contribution in [0.3, 0.4) is 0 Å².